The van der Waals surface area contributed by atoms with Crippen molar-refractivity contribution in [3.05, 3.63) is 60.2 Å². The maximum atomic E-state index is 12.0. The first-order valence-corrected chi connectivity index (χ1v) is 7.58. The van der Waals surface area contributed by atoms with E-state index in [2.05, 4.69) is 10.6 Å². The second kappa shape index (κ2) is 6.96. The molecule has 0 spiro atoms. The number of carbonyl (C=O) groups is 2. The molecule has 0 saturated heterocycles. The summed E-state index contributed by atoms with van der Waals surface area (Å²) in [4.78, 5) is 23.7. The summed E-state index contributed by atoms with van der Waals surface area (Å²) in [6, 6.07) is 16.8. The minimum absolute atomic E-state index is 0.0130. The highest BCUT2D eigenvalue weighted by molar-refractivity contribution is 6.02. The molecular weight excluding hydrogens is 292 g/mol. The molecular formula is C18H18N2O3. The van der Waals surface area contributed by atoms with Gasteiger partial charge in [0.05, 0.1) is 5.92 Å². The van der Waals surface area contributed by atoms with Crippen LogP contribution in [0.5, 0.6) is 5.75 Å². The molecule has 3 rings (SSSR count). The highest BCUT2D eigenvalue weighted by Gasteiger charge is 2.29. The Hall–Kier alpha value is -2.82. The maximum Gasteiger partial charge on any atom is 0.257 e. The van der Waals surface area contributed by atoms with Gasteiger partial charge in [-0.25, -0.2) is 0 Å². The lowest BCUT2D eigenvalue weighted by Crippen LogP contribution is -2.31. The number of rotatable bonds is 6. The van der Waals surface area contributed by atoms with Gasteiger partial charge in [0.25, 0.3) is 5.91 Å². The van der Waals surface area contributed by atoms with E-state index in [1.807, 2.05) is 42.5 Å². The van der Waals surface area contributed by atoms with Crippen LogP contribution in [0.1, 0.15) is 17.9 Å². The first kappa shape index (κ1) is 15.1. The summed E-state index contributed by atoms with van der Waals surface area (Å²) in [5, 5.41) is 5.64. The number of carbonyl (C=O) groups excluding carboxylic acids is 2. The van der Waals surface area contributed by atoms with E-state index in [9.17, 15) is 9.59 Å². The minimum Gasteiger partial charge on any atom is -0.484 e. The highest BCUT2D eigenvalue weighted by atomic mass is 16.5. The standard InChI is InChI=1S/C18H18N2O3/c21-17(12-23-13-6-2-1-3-7-13)19-11-10-15-14-8-4-5-9-16(14)20-18(15)22/h1-9,15H,10-12H2,(H,19,21)(H,20,22). The summed E-state index contributed by atoms with van der Waals surface area (Å²) in [5.41, 5.74) is 1.86. The van der Waals surface area contributed by atoms with Gasteiger partial charge in [-0.1, -0.05) is 36.4 Å². The van der Waals surface area contributed by atoms with Crippen molar-refractivity contribution in [1.29, 1.82) is 0 Å². The van der Waals surface area contributed by atoms with Crippen LogP contribution in [-0.2, 0) is 9.59 Å². The van der Waals surface area contributed by atoms with Gasteiger partial charge in [0, 0.05) is 12.2 Å². The van der Waals surface area contributed by atoms with Gasteiger partial charge < -0.3 is 15.4 Å². The number of para-hydroxylation sites is 2. The third kappa shape index (κ3) is 3.69. The van der Waals surface area contributed by atoms with Gasteiger partial charge in [-0.15, -0.1) is 0 Å². The zero-order valence-electron chi connectivity index (χ0n) is 12.6. The van der Waals surface area contributed by atoms with Crippen molar-refractivity contribution < 1.29 is 14.3 Å². The highest BCUT2D eigenvalue weighted by Crippen LogP contribution is 2.33. The van der Waals surface area contributed by atoms with E-state index >= 15 is 0 Å². The smallest absolute Gasteiger partial charge is 0.257 e. The quantitative estimate of drug-likeness (QED) is 0.860. The fraction of sp³-hybridized carbons (Fsp3) is 0.222. The molecule has 1 atom stereocenters. The molecule has 118 valence electrons. The van der Waals surface area contributed by atoms with Crippen LogP contribution in [0.15, 0.2) is 54.6 Å². The van der Waals surface area contributed by atoms with E-state index in [4.69, 9.17) is 4.74 Å². The van der Waals surface area contributed by atoms with Crippen LogP contribution in [-0.4, -0.2) is 25.0 Å². The first-order valence-electron chi connectivity index (χ1n) is 7.58. The molecule has 0 fully saturated rings. The molecule has 2 aromatic carbocycles. The van der Waals surface area contributed by atoms with Crippen LogP contribution in [0, 0.1) is 0 Å². The lowest BCUT2D eigenvalue weighted by atomic mass is 9.97. The predicted molar refractivity (Wildman–Crippen MR) is 87.4 cm³/mol. The Bertz CT molecular complexity index is 700. The SMILES string of the molecule is O=C(COc1ccccc1)NCCC1C(=O)Nc2ccccc21. The molecule has 1 aliphatic rings. The average Bonchev–Trinajstić information content (AvgIpc) is 2.90. The van der Waals surface area contributed by atoms with Crippen molar-refractivity contribution in [1.82, 2.24) is 5.32 Å². The Kier molecular flexibility index (Phi) is 4.57. The third-order valence-corrected chi connectivity index (χ3v) is 3.78. The molecule has 0 bridgehead atoms. The summed E-state index contributed by atoms with van der Waals surface area (Å²) in [5.74, 6) is 0.245. The lowest BCUT2D eigenvalue weighted by molar-refractivity contribution is -0.123. The van der Waals surface area contributed by atoms with Crippen molar-refractivity contribution in [2.24, 2.45) is 0 Å². The zero-order chi connectivity index (χ0) is 16.1. The van der Waals surface area contributed by atoms with Crippen molar-refractivity contribution in [2.45, 2.75) is 12.3 Å². The van der Waals surface area contributed by atoms with Crippen LogP contribution >= 0.6 is 0 Å². The fourth-order valence-electron chi connectivity index (χ4n) is 2.63. The number of nitrogens with one attached hydrogen (secondary N) is 2. The van der Waals surface area contributed by atoms with Crippen LogP contribution < -0.4 is 15.4 Å². The largest absolute Gasteiger partial charge is 0.484 e. The summed E-state index contributed by atoms with van der Waals surface area (Å²) < 4.78 is 5.38. The summed E-state index contributed by atoms with van der Waals surface area (Å²) in [7, 11) is 0. The number of fused-ring (bicyclic) bond motifs is 1. The molecule has 2 N–H and O–H groups in total. The topological polar surface area (TPSA) is 67.4 Å². The van der Waals surface area contributed by atoms with Gasteiger partial charge in [0.1, 0.15) is 5.75 Å². The molecule has 0 aromatic heterocycles. The average molecular weight is 310 g/mol. The Morgan fingerprint density at radius 2 is 1.83 bits per heavy atom. The van der Waals surface area contributed by atoms with Crippen LogP contribution in [0.4, 0.5) is 5.69 Å². The van der Waals surface area contributed by atoms with Crippen molar-refractivity contribution in [2.75, 3.05) is 18.5 Å². The van der Waals surface area contributed by atoms with Gasteiger partial charge in [-0.05, 0) is 30.2 Å². The monoisotopic (exact) mass is 310 g/mol. The molecule has 0 aliphatic carbocycles. The molecule has 1 aliphatic heterocycles. The summed E-state index contributed by atoms with van der Waals surface area (Å²) in [6.45, 7) is 0.404. The summed E-state index contributed by atoms with van der Waals surface area (Å²) >= 11 is 0. The van der Waals surface area contributed by atoms with Crippen LogP contribution in [0.3, 0.4) is 0 Å². The van der Waals surface area contributed by atoms with E-state index < -0.39 is 0 Å². The Labute approximate surface area is 134 Å². The maximum absolute atomic E-state index is 12.0. The van der Waals surface area contributed by atoms with Gasteiger partial charge in [0.2, 0.25) is 5.91 Å². The van der Waals surface area contributed by atoms with Crippen molar-refractivity contribution >= 4 is 17.5 Å². The molecule has 0 radical (unpaired) electrons. The Morgan fingerprint density at radius 1 is 1.09 bits per heavy atom. The van der Waals surface area contributed by atoms with Gasteiger partial charge >= 0.3 is 0 Å². The third-order valence-electron chi connectivity index (χ3n) is 3.78. The number of benzene rings is 2. The van der Waals surface area contributed by atoms with Crippen molar-refractivity contribution in [3.8, 4) is 5.75 Å². The first-order chi connectivity index (χ1) is 11.2. The van der Waals surface area contributed by atoms with E-state index in [-0.39, 0.29) is 24.3 Å². The lowest BCUT2D eigenvalue weighted by Gasteiger charge is -2.10. The van der Waals surface area contributed by atoms with Crippen molar-refractivity contribution in [3.63, 3.8) is 0 Å². The normalized spacial score (nSPS) is 15.7. The number of hydrogen-bond acceptors (Lipinski definition) is 3. The number of anilines is 1. The van der Waals surface area contributed by atoms with Crippen LogP contribution in [0.2, 0.25) is 0 Å². The number of amides is 2. The fourth-order valence-corrected chi connectivity index (χ4v) is 2.63. The van der Waals surface area contributed by atoms with E-state index in [0.29, 0.717) is 18.7 Å². The number of ether oxygens (including phenoxy) is 1. The molecule has 23 heavy (non-hydrogen) atoms. The molecule has 5 nitrogen and oxygen atoms in total. The molecule has 0 saturated carbocycles. The molecule has 1 heterocycles. The Balaban J connectivity index is 1.44. The molecule has 2 aromatic rings. The van der Waals surface area contributed by atoms with Crippen LogP contribution in [0.25, 0.3) is 0 Å². The van der Waals surface area contributed by atoms with Gasteiger partial charge in [-0.3, -0.25) is 9.59 Å². The molecule has 5 heteroatoms. The zero-order valence-corrected chi connectivity index (χ0v) is 12.6. The predicted octanol–water partition coefficient (Wildman–Crippen LogP) is 2.31. The molecule has 1 unspecified atom stereocenters. The van der Waals surface area contributed by atoms with Gasteiger partial charge in [-0.2, -0.15) is 0 Å². The Morgan fingerprint density at radius 3 is 2.65 bits per heavy atom. The summed E-state index contributed by atoms with van der Waals surface area (Å²) in [6.07, 6.45) is 0.569. The van der Waals surface area contributed by atoms with E-state index in [0.717, 1.165) is 11.3 Å². The van der Waals surface area contributed by atoms with E-state index in [1.54, 1.807) is 12.1 Å². The van der Waals surface area contributed by atoms with E-state index in [1.165, 1.54) is 0 Å². The second-order valence-corrected chi connectivity index (χ2v) is 5.37. The number of hydrogen-bond donors (Lipinski definition) is 2. The molecule has 2 amide bonds. The second-order valence-electron chi connectivity index (χ2n) is 5.37. The minimum atomic E-state index is -0.207. The van der Waals surface area contributed by atoms with Gasteiger partial charge in [0.15, 0.2) is 6.61 Å².